The Morgan fingerprint density at radius 1 is 1.20 bits per heavy atom. The van der Waals surface area contributed by atoms with E-state index in [2.05, 4.69) is 0 Å². The highest BCUT2D eigenvalue weighted by atomic mass is 16.5. The van der Waals surface area contributed by atoms with Crippen LogP contribution in [0, 0.1) is 0 Å². The van der Waals surface area contributed by atoms with Gasteiger partial charge in [-0.05, 0) is 34.6 Å². The summed E-state index contributed by atoms with van der Waals surface area (Å²) in [6, 6.07) is 0. The van der Waals surface area contributed by atoms with Crippen LogP contribution in [0.1, 0.15) is 47.5 Å². The molecule has 0 aromatic rings. The van der Waals surface area contributed by atoms with Crippen molar-refractivity contribution in [3.05, 3.63) is 12.3 Å². The van der Waals surface area contributed by atoms with Gasteiger partial charge in [-0.25, -0.2) is 0 Å². The maximum absolute atomic E-state index is 10.1. The van der Waals surface area contributed by atoms with Gasteiger partial charge in [0.2, 0.25) is 0 Å². The summed E-state index contributed by atoms with van der Waals surface area (Å²) in [5, 5.41) is 11.5. The van der Waals surface area contributed by atoms with E-state index in [0.29, 0.717) is 0 Å². The Hall–Kier alpha value is -0.540. The second-order valence-electron chi connectivity index (χ2n) is 5.57. The average Bonchev–Trinajstić information content (AvgIpc) is 2.10. The molecule has 0 bridgehead atoms. The second-order valence-corrected chi connectivity index (χ2v) is 5.57. The lowest BCUT2D eigenvalue weighted by Gasteiger charge is -2.50. The fourth-order valence-electron chi connectivity index (χ4n) is 2.46. The number of ether oxygens (including phenoxy) is 1. The van der Waals surface area contributed by atoms with Gasteiger partial charge in [0.05, 0.1) is 6.26 Å². The van der Waals surface area contributed by atoms with Crippen LogP contribution in [0.2, 0.25) is 0 Å². The molecule has 1 aliphatic rings. The van der Waals surface area contributed by atoms with E-state index in [1.165, 1.54) is 5.06 Å². The molecule has 0 spiro atoms. The van der Waals surface area contributed by atoms with Crippen molar-refractivity contribution in [3.8, 4) is 0 Å². The van der Waals surface area contributed by atoms with Crippen molar-refractivity contribution < 1.29 is 9.94 Å². The standard InChI is InChI=1S/C12H23NO2/c1-6-7-15-10-8-11(2,3)13(14)12(4,5)9-10/h6-7,10,14H,8-9H2,1-5H3. The van der Waals surface area contributed by atoms with Crippen molar-refractivity contribution in [2.24, 2.45) is 0 Å². The summed E-state index contributed by atoms with van der Waals surface area (Å²) >= 11 is 0. The third-order valence-corrected chi connectivity index (χ3v) is 3.01. The lowest BCUT2D eigenvalue weighted by molar-refractivity contribution is -0.257. The van der Waals surface area contributed by atoms with Crippen molar-refractivity contribution in [3.63, 3.8) is 0 Å². The Kier molecular flexibility index (Phi) is 3.46. The highest BCUT2D eigenvalue weighted by Gasteiger charge is 2.45. The van der Waals surface area contributed by atoms with Gasteiger partial charge in [0.25, 0.3) is 0 Å². The lowest BCUT2D eigenvalue weighted by atomic mass is 9.80. The summed E-state index contributed by atoms with van der Waals surface area (Å²) in [7, 11) is 0. The van der Waals surface area contributed by atoms with Gasteiger partial charge in [0.15, 0.2) is 0 Å². The Morgan fingerprint density at radius 3 is 2.07 bits per heavy atom. The molecule has 1 N–H and O–H groups in total. The van der Waals surface area contributed by atoms with Crippen LogP contribution in [0.5, 0.6) is 0 Å². The van der Waals surface area contributed by atoms with Crippen molar-refractivity contribution in [2.45, 2.75) is 64.6 Å². The number of nitrogens with zero attached hydrogens (tertiary/aromatic N) is 1. The van der Waals surface area contributed by atoms with Crippen LogP contribution in [0.15, 0.2) is 12.3 Å². The first kappa shape index (κ1) is 12.5. The van der Waals surface area contributed by atoms with Gasteiger partial charge in [0.1, 0.15) is 6.10 Å². The van der Waals surface area contributed by atoms with Gasteiger partial charge in [-0.1, -0.05) is 6.08 Å². The predicted molar refractivity (Wildman–Crippen MR) is 60.7 cm³/mol. The molecule has 3 heteroatoms. The van der Waals surface area contributed by atoms with Crippen molar-refractivity contribution in [2.75, 3.05) is 0 Å². The van der Waals surface area contributed by atoms with E-state index in [-0.39, 0.29) is 17.2 Å². The van der Waals surface area contributed by atoms with Crippen molar-refractivity contribution in [1.82, 2.24) is 5.06 Å². The van der Waals surface area contributed by atoms with Crippen LogP contribution < -0.4 is 0 Å². The maximum Gasteiger partial charge on any atom is 0.101 e. The van der Waals surface area contributed by atoms with Crippen LogP contribution in [-0.4, -0.2) is 27.5 Å². The molecule has 0 unspecified atom stereocenters. The SMILES string of the molecule is CC=COC1CC(C)(C)N(O)C(C)(C)C1. The number of piperidine rings is 1. The van der Waals surface area contributed by atoms with E-state index in [0.717, 1.165) is 12.8 Å². The second kappa shape index (κ2) is 4.14. The third kappa shape index (κ3) is 2.73. The zero-order valence-corrected chi connectivity index (χ0v) is 10.4. The van der Waals surface area contributed by atoms with E-state index >= 15 is 0 Å². The molecule has 1 aliphatic heterocycles. The summed E-state index contributed by atoms with van der Waals surface area (Å²) < 4.78 is 5.63. The molecule has 88 valence electrons. The third-order valence-electron chi connectivity index (χ3n) is 3.01. The van der Waals surface area contributed by atoms with Gasteiger partial charge < -0.3 is 9.94 Å². The van der Waals surface area contributed by atoms with Gasteiger partial charge >= 0.3 is 0 Å². The molecule has 0 amide bonds. The van der Waals surface area contributed by atoms with Crippen LogP contribution in [-0.2, 0) is 4.74 Å². The first-order chi connectivity index (χ1) is 6.79. The minimum Gasteiger partial charge on any atom is -0.498 e. The maximum atomic E-state index is 10.1. The number of hydrogen-bond acceptors (Lipinski definition) is 3. The molecule has 3 nitrogen and oxygen atoms in total. The molecule has 1 saturated heterocycles. The molecular weight excluding hydrogens is 190 g/mol. The smallest absolute Gasteiger partial charge is 0.101 e. The molecule has 1 fully saturated rings. The lowest BCUT2D eigenvalue weighted by Crippen LogP contribution is -2.60. The van der Waals surface area contributed by atoms with Crippen LogP contribution in [0.4, 0.5) is 0 Å². The topological polar surface area (TPSA) is 32.7 Å². The van der Waals surface area contributed by atoms with E-state index in [1.54, 1.807) is 6.26 Å². The van der Waals surface area contributed by atoms with Crippen LogP contribution >= 0.6 is 0 Å². The van der Waals surface area contributed by atoms with Gasteiger partial charge in [-0.3, -0.25) is 0 Å². The number of hydrogen-bond donors (Lipinski definition) is 1. The first-order valence-corrected chi connectivity index (χ1v) is 5.55. The van der Waals surface area contributed by atoms with Crippen LogP contribution in [0.3, 0.4) is 0 Å². The normalized spacial score (nSPS) is 27.1. The fraction of sp³-hybridized carbons (Fsp3) is 0.833. The van der Waals surface area contributed by atoms with Gasteiger partial charge in [0, 0.05) is 23.9 Å². The minimum atomic E-state index is -0.228. The van der Waals surface area contributed by atoms with E-state index in [4.69, 9.17) is 4.74 Å². The van der Waals surface area contributed by atoms with Crippen molar-refractivity contribution >= 4 is 0 Å². The molecular formula is C12H23NO2. The molecule has 0 saturated carbocycles. The molecule has 0 aliphatic carbocycles. The summed E-state index contributed by atoms with van der Waals surface area (Å²) in [5.74, 6) is 0. The Morgan fingerprint density at radius 2 is 1.67 bits per heavy atom. The van der Waals surface area contributed by atoms with E-state index < -0.39 is 0 Å². The van der Waals surface area contributed by atoms with Gasteiger partial charge in [-0.2, -0.15) is 5.06 Å². The fourth-order valence-corrected chi connectivity index (χ4v) is 2.46. The summed E-state index contributed by atoms with van der Waals surface area (Å²) in [4.78, 5) is 0. The predicted octanol–water partition coefficient (Wildman–Crippen LogP) is 2.95. The molecule has 0 atom stereocenters. The van der Waals surface area contributed by atoms with E-state index in [9.17, 15) is 5.21 Å². The highest BCUT2D eigenvalue weighted by Crippen LogP contribution is 2.37. The highest BCUT2D eigenvalue weighted by molar-refractivity contribution is 4.97. The molecule has 15 heavy (non-hydrogen) atoms. The largest absolute Gasteiger partial charge is 0.498 e. The molecule has 1 rings (SSSR count). The number of allylic oxidation sites excluding steroid dienone is 1. The Bertz CT molecular complexity index is 228. The zero-order chi connectivity index (χ0) is 11.7. The van der Waals surface area contributed by atoms with Crippen molar-refractivity contribution in [1.29, 1.82) is 0 Å². The first-order valence-electron chi connectivity index (χ1n) is 5.55. The average molecular weight is 213 g/mol. The monoisotopic (exact) mass is 213 g/mol. The summed E-state index contributed by atoms with van der Waals surface area (Å²) in [6.45, 7) is 10.1. The number of rotatable bonds is 2. The Balaban J connectivity index is 2.75. The van der Waals surface area contributed by atoms with E-state index in [1.807, 2.05) is 40.7 Å². The summed E-state index contributed by atoms with van der Waals surface area (Å²) in [6.07, 6.45) is 5.51. The minimum absolute atomic E-state index is 0.189. The zero-order valence-electron chi connectivity index (χ0n) is 10.4. The molecule has 0 radical (unpaired) electrons. The summed E-state index contributed by atoms with van der Waals surface area (Å²) in [5.41, 5.74) is -0.456. The molecule has 0 aromatic heterocycles. The molecule has 1 heterocycles. The number of hydroxylamine groups is 2. The van der Waals surface area contributed by atoms with Crippen LogP contribution in [0.25, 0.3) is 0 Å². The van der Waals surface area contributed by atoms with Gasteiger partial charge in [-0.15, -0.1) is 0 Å². The molecule has 0 aromatic carbocycles. The quantitative estimate of drug-likeness (QED) is 0.716. The Labute approximate surface area is 92.7 Å².